The molecular formula is C13H19N5. The van der Waals surface area contributed by atoms with E-state index in [1.54, 1.807) is 6.20 Å². The van der Waals surface area contributed by atoms with Crippen LogP contribution in [0, 0.1) is 0 Å². The van der Waals surface area contributed by atoms with Gasteiger partial charge in [0.2, 0.25) is 0 Å². The quantitative estimate of drug-likeness (QED) is 0.835. The van der Waals surface area contributed by atoms with Gasteiger partial charge in [-0.3, -0.25) is 14.6 Å². The Labute approximate surface area is 107 Å². The van der Waals surface area contributed by atoms with Crippen LogP contribution in [0.3, 0.4) is 0 Å². The average Bonchev–Trinajstić information content (AvgIpc) is 2.81. The molecule has 5 heteroatoms. The predicted octanol–water partition coefficient (Wildman–Crippen LogP) is 1.38. The molecule has 0 amide bonds. The Hall–Kier alpha value is -1.88. The van der Waals surface area contributed by atoms with Crippen LogP contribution in [-0.2, 0) is 13.1 Å². The maximum absolute atomic E-state index is 5.63. The van der Waals surface area contributed by atoms with Crippen molar-refractivity contribution in [2.24, 2.45) is 0 Å². The summed E-state index contributed by atoms with van der Waals surface area (Å²) in [5, 5.41) is 4.18. The molecule has 96 valence electrons. The lowest BCUT2D eigenvalue weighted by molar-refractivity contribution is 0.260. The third-order valence-corrected chi connectivity index (χ3v) is 2.86. The summed E-state index contributed by atoms with van der Waals surface area (Å²) in [5.41, 5.74) is 7.44. The van der Waals surface area contributed by atoms with Crippen LogP contribution in [0.5, 0.6) is 0 Å². The van der Waals surface area contributed by atoms with Gasteiger partial charge in [-0.05, 0) is 18.7 Å². The minimum absolute atomic E-state index is 0.711. The van der Waals surface area contributed by atoms with Crippen molar-refractivity contribution in [3.63, 3.8) is 0 Å². The van der Waals surface area contributed by atoms with Crippen LogP contribution in [-0.4, -0.2) is 32.8 Å². The second-order valence-electron chi connectivity index (χ2n) is 4.23. The second kappa shape index (κ2) is 6.16. The van der Waals surface area contributed by atoms with E-state index in [4.69, 9.17) is 5.73 Å². The zero-order chi connectivity index (χ0) is 12.8. The Morgan fingerprint density at radius 3 is 2.89 bits per heavy atom. The molecule has 0 spiro atoms. The Balaban J connectivity index is 1.86. The number of hydrogen-bond donors (Lipinski definition) is 1. The number of nitrogens with zero attached hydrogens (tertiary/aromatic N) is 4. The zero-order valence-corrected chi connectivity index (χ0v) is 10.7. The monoisotopic (exact) mass is 245 g/mol. The third kappa shape index (κ3) is 3.56. The van der Waals surface area contributed by atoms with Crippen LogP contribution in [0.1, 0.15) is 12.6 Å². The van der Waals surface area contributed by atoms with Gasteiger partial charge < -0.3 is 5.73 Å². The summed E-state index contributed by atoms with van der Waals surface area (Å²) in [6.07, 6.45) is 5.36. The second-order valence-corrected chi connectivity index (χ2v) is 4.23. The summed E-state index contributed by atoms with van der Waals surface area (Å²) < 4.78 is 1.87. The maximum atomic E-state index is 5.63. The van der Waals surface area contributed by atoms with Crippen LogP contribution in [0.15, 0.2) is 36.8 Å². The Morgan fingerprint density at radius 1 is 1.39 bits per heavy atom. The molecule has 0 unspecified atom stereocenters. The lowest BCUT2D eigenvalue weighted by atomic mass is 10.3. The number of likely N-dealkylation sites (N-methyl/N-ethyl adjacent to an activating group) is 1. The molecule has 0 atom stereocenters. The van der Waals surface area contributed by atoms with Gasteiger partial charge in [-0.15, -0.1) is 0 Å². The molecule has 0 aromatic carbocycles. The van der Waals surface area contributed by atoms with Gasteiger partial charge >= 0.3 is 0 Å². The van der Waals surface area contributed by atoms with Gasteiger partial charge in [-0.1, -0.05) is 13.0 Å². The fourth-order valence-corrected chi connectivity index (χ4v) is 1.82. The summed E-state index contributed by atoms with van der Waals surface area (Å²) in [6.45, 7) is 5.80. The van der Waals surface area contributed by atoms with Crippen molar-refractivity contribution in [2.45, 2.75) is 20.0 Å². The number of hydrogen-bond acceptors (Lipinski definition) is 4. The van der Waals surface area contributed by atoms with Gasteiger partial charge in [0, 0.05) is 25.5 Å². The zero-order valence-electron chi connectivity index (χ0n) is 10.7. The first-order valence-electron chi connectivity index (χ1n) is 6.18. The molecule has 2 aromatic heterocycles. The smallest absolute Gasteiger partial charge is 0.0719 e. The van der Waals surface area contributed by atoms with Gasteiger partial charge in [0.05, 0.1) is 24.1 Å². The SMILES string of the molecule is CCN(CCn1cc(N)cn1)Cc1ccccn1. The highest BCUT2D eigenvalue weighted by atomic mass is 15.3. The van der Waals surface area contributed by atoms with Gasteiger partial charge in [-0.2, -0.15) is 5.10 Å². The fraction of sp³-hybridized carbons (Fsp3) is 0.385. The molecule has 2 heterocycles. The number of anilines is 1. The molecule has 0 bridgehead atoms. The van der Waals surface area contributed by atoms with E-state index < -0.39 is 0 Å². The van der Waals surface area contributed by atoms with Crippen LogP contribution in [0.25, 0.3) is 0 Å². The summed E-state index contributed by atoms with van der Waals surface area (Å²) in [5.74, 6) is 0. The number of pyridine rings is 1. The minimum Gasteiger partial charge on any atom is -0.396 e. The fourth-order valence-electron chi connectivity index (χ4n) is 1.82. The van der Waals surface area contributed by atoms with E-state index in [1.807, 2.05) is 29.2 Å². The van der Waals surface area contributed by atoms with Crippen molar-refractivity contribution < 1.29 is 0 Å². The molecule has 0 saturated heterocycles. The van der Waals surface area contributed by atoms with Gasteiger partial charge in [0.1, 0.15) is 0 Å². The van der Waals surface area contributed by atoms with E-state index in [-0.39, 0.29) is 0 Å². The summed E-state index contributed by atoms with van der Waals surface area (Å²) in [7, 11) is 0. The standard InChI is InChI=1S/C13H19N5/c1-2-17(11-13-5-3-4-6-15-13)7-8-18-10-12(14)9-16-18/h3-6,9-10H,2,7-8,11,14H2,1H3. The molecule has 0 aliphatic heterocycles. The summed E-state index contributed by atoms with van der Waals surface area (Å²) in [4.78, 5) is 6.68. The van der Waals surface area contributed by atoms with E-state index in [0.717, 1.165) is 31.9 Å². The molecule has 0 fully saturated rings. The molecule has 2 rings (SSSR count). The number of nitrogen functional groups attached to an aromatic ring is 1. The Morgan fingerprint density at radius 2 is 2.28 bits per heavy atom. The van der Waals surface area contributed by atoms with Crippen LogP contribution in [0.4, 0.5) is 5.69 Å². The van der Waals surface area contributed by atoms with E-state index in [2.05, 4.69) is 28.0 Å². The van der Waals surface area contributed by atoms with Crippen LogP contribution < -0.4 is 5.73 Å². The van der Waals surface area contributed by atoms with Gasteiger partial charge in [0.25, 0.3) is 0 Å². The third-order valence-electron chi connectivity index (χ3n) is 2.86. The maximum Gasteiger partial charge on any atom is 0.0719 e. The van der Waals surface area contributed by atoms with E-state index in [9.17, 15) is 0 Å². The number of nitrogens with two attached hydrogens (primary N) is 1. The molecule has 0 aliphatic rings. The largest absolute Gasteiger partial charge is 0.396 e. The van der Waals surface area contributed by atoms with E-state index in [0.29, 0.717) is 5.69 Å². The van der Waals surface area contributed by atoms with Gasteiger partial charge in [0.15, 0.2) is 0 Å². The molecule has 5 nitrogen and oxygen atoms in total. The lowest BCUT2D eigenvalue weighted by Crippen LogP contribution is -2.27. The van der Waals surface area contributed by atoms with Crippen molar-refractivity contribution >= 4 is 5.69 Å². The van der Waals surface area contributed by atoms with Crippen LogP contribution in [0.2, 0.25) is 0 Å². The molecule has 2 aromatic rings. The first-order valence-corrected chi connectivity index (χ1v) is 6.18. The normalized spacial score (nSPS) is 11.0. The van der Waals surface area contributed by atoms with Crippen molar-refractivity contribution in [3.05, 3.63) is 42.5 Å². The minimum atomic E-state index is 0.711. The molecule has 18 heavy (non-hydrogen) atoms. The topological polar surface area (TPSA) is 60.0 Å². The average molecular weight is 245 g/mol. The molecular weight excluding hydrogens is 226 g/mol. The first kappa shape index (κ1) is 12.6. The highest BCUT2D eigenvalue weighted by molar-refractivity contribution is 5.30. The highest BCUT2D eigenvalue weighted by Crippen LogP contribution is 2.02. The molecule has 0 aliphatic carbocycles. The van der Waals surface area contributed by atoms with E-state index in [1.165, 1.54) is 0 Å². The Bertz CT molecular complexity index is 465. The van der Waals surface area contributed by atoms with E-state index >= 15 is 0 Å². The van der Waals surface area contributed by atoms with Crippen molar-refractivity contribution in [3.8, 4) is 0 Å². The first-order chi connectivity index (χ1) is 8.78. The number of rotatable bonds is 6. The van der Waals surface area contributed by atoms with Crippen molar-refractivity contribution in [1.82, 2.24) is 19.7 Å². The van der Waals surface area contributed by atoms with Crippen molar-refractivity contribution in [1.29, 1.82) is 0 Å². The van der Waals surface area contributed by atoms with Gasteiger partial charge in [-0.25, -0.2) is 0 Å². The predicted molar refractivity (Wildman–Crippen MR) is 71.8 cm³/mol. The number of aromatic nitrogens is 3. The summed E-state index contributed by atoms with van der Waals surface area (Å²) in [6, 6.07) is 6.01. The highest BCUT2D eigenvalue weighted by Gasteiger charge is 2.05. The molecule has 0 radical (unpaired) electrons. The lowest BCUT2D eigenvalue weighted by Gasteiger charge is -2.19. The summed E-state index contributed by atoms with van der Waals surface area (Å²) >= 11 is 0. The van der Waals surface area contributed by atoms with Crippen LogP contribution >= 0.6 is 0 Å². The Kier molecular flexibility index (Phi) is 4.30. The molecule has 2 N–H and O–H groups in total. The van der Waals surface area contributed by atoms with Crippen molar-refractivity contribution in [2.75, 3.05) is 18.8 Å². The molecule has 0 saturated carbocycles.